The molecule has 5 heteroatoms. The summed E-state index contributed by atoms with van der Waals surface area (Å²) in [5.74, 6) is 0.615. The number of nitrogens with one attached hydrogen (secondary N) is 1. The van der Waals surface area contributed by atoms with E-state index in [4.69, 9.17) is 9.31 Å². The summed E-state index contributed by atoms with van der Waals surface area (Å²) >= 11 is 0. The van der Waals surface area contributed by atoms with Gasteiger partial charge < -0.3 is 14.6 Å². The lowest BCUT2D eigenvalue weighted by Gasteiger charge is -2.32. The molecule has 1 aliphatic heterocycles. The van der Waals surface area contributed by atoms with Crippen molar-refractivity contribution < 1.29 is 14.1 Å². The van der Waals surface area contributed by atoms with Gasteiger partial charge in [0.25, 0.3) is 0 Å². The lowest BCUT2D eigenvalue weighted by Crippen LogP contribution is -2.41. The monoisotopic (exact) mass is 281 g/mol. The molecule has 1 N–H and O–H groups in total. The van der Waals surface area contributed by atoms with E-state index >= 15 is 0 Å². The molecule has 0 radical (unpaired) electrons. The van der Waals surface area contributed by atoms with Gasteiger partial charge in [-0.05, 0) is 52.8 Å². The average Bonchev–Trinajstić information content (AvgIpc) is 2.52. The first-order valence-corrected chi connectivity index (χ1v) is 7.38. The summed E-state index contributed by atoms with van der Waals surface area (Å²) in [5, 5.41) is 3.40. The highest BCUT2D eigenvalue weighted by Gasteiger charge is 2.53. The molecule has 0 bridgehead atoms. The van der Waals surface area contributed by atoms with Crippen LogP contribution in [-0.2, 0) is 14.1 Å². The molecular formula is C15H28BNO3. The summed E-state index contributed by atoms with van der Waals surface area (Å²) in [6.45, 7) is 14.1. The number of rotatable bonds is 7. The highest BCUT2D eigenvalue weighted by atomic mass is 16.7. The van der Waals surface area contributed by atoms with Gasteiger partial charge in [0.15, 0.2) is 0 Å². The smallest absolute Gasteiger partial charge is 0.403 e. The predicted octanol–water partition coefficient (Wildman–Crippen LogP) is 2.45. The third-order valence-electron chi connectivity index (χ3n) is 3.99. The van der Waals surface area contributed by atoms with E-state index in [1.807, 2.05) is 33.8 Å². The first kappa shape index (κ1) is 17.4. The number of hydrogen-bond acceptors (Lipinski definition) is 4. The maximum absolute atomic E-state index is 10.6. The van der Waals surface area contributed by atoms with Crippen LogP contribution in [0.1, 0.15) is 41.5 Å². The minimum atomic E-state index is -0.344. The van der Waals surface area contributed by atoms with Crippen LogP contribution >= 0.6 is 0 Å². The zero-order valence-electron chi connectivity index (χ0n) is 13.6. The van der Waals surface area contributed by atoms with Gasteiger partial charge in [-0.1, -0.05) is 19.9 Å². The van der Waals surface area contributed by atoms with Gasteiger partial charge >= 0.3 is 7.12 Å². The lowest BCUT2D eigenvalue weighted by molar-refractivity contribution is -0.104. The summed E-state index contributed by atoms with van der Waals surface area (Å²) in [7, 11) is -0.323. The van der Waals surface area contributed by atoms with E-state index in [9.17, 15) is 4.79 Å². The Hall–Kier alpha value is -0.645. The summed E-state index contributed by atoms with van der Waals surface area (Å²) < 4.78 is 12.1. The van der Waals surface area contributed by atoms with Crippen molar-refractivity contribution in [2.24, 2.45) is 5.92 Å². The van der Waals surface area contributed by atoms with Gasteiger partial charge in [-0.3, -0.25) is 4.79 Å². The highest BCUT2D eigenvalue weighted by molar-refractivity contribution is 6.48. The molecule has 1 fully saturated rings. The third kappa shape index (κ3) is 4.43. The topological polar surface area (TPSA) is 47.6 Å². The van der Waals surface area contributed by atoms with Gasteiger partial charge in [-0.25, -0.2) is 0 Å². The molecule has 0 saturated carbocycles. The van der Waals surface area contributed by atoms with Crippen LogP contribution in [0, 0.1) is 5.92 Å². The van der Waals surface area contributed by atoms with Crippen LogP contribution in [-0.4, -0.2) is 37.7 Å². The summed E-state index contributed by atoms with van der Waals surface area (Å²) in [5.41, 5.74) is -0.689. The molecule has 1 atom stereocenters. The van der Waals surface area contributed by atoms with Gasteiger partial charge in [0.2, 0.25) is 0 Å². The number of aldehydes is 1. The van der Waals surface area contributed by atoms with Crippen molar-refractivity contribution in [1.29, 1.82) is 0 Å². The van der Waals surface area contributed by atoms with Crippen LogP contribution in [0.15, 0.2) is 12.2 Å². The molecule has 0 unspecified atom stereocenters. The zero-order chi connectivity index (χ0) is 15.4. The Morgan fingerprint density at radius 2 is 1.65 bits per heavy atom. The van der Waals surface area contributed by atoms with E-state index in [0.29, 0.717) is 5.92 Å². The molecule has 0 aromatic heterocycles. The van der Waals surface area contributed by atoms with Crippen molar-refractivity contribution in [2.45, 2.75) is 58.6 Å². The second kappa shape index (κ2) is 6.88. The SMILES string of the molecule is CC(C)CNC[C@H](/C=C\C=O)B1OC(C)(C)C(C)(C)O1. The molecule has 0 aromatic carbocycles. The molecule has 1 saturated heterocycles. The minimum absolute atomic E-state index is 0.0278. The number of allylic oxidation sites excluding steroid dienone is 1. The van der Waals surface area contributed by atoms with Crippen LogP contribution in [0.4, 0.5) is 0 Å². The average molecular weight is 281 g/mol. The fraction of sp³-hybridized carbons (Fsp3) is 0.800. The van der Waals surface area contributed by atoms with E-state index < -0.39 is 0 Å². The maximum Gasteiger partial charge on any atom is 0.466 e. The molecule has 0 aliphatic carbocycles. The summed E-state index contributed by atoms with van der Waals surface area (Å²) in [4.78, 5) is 10.6. The van der Waals surface area contributed by atoms with Crippen LogP contribution < -0.4 is 5.32 Å². The zero-order valence-corrected chi connectivity index (χ0v) is 13.6. The number of carbonyl (C=O) groups is 1. The molecule has 0 spiro atoms. The molecule has 114 valence electrons. The minimum Gasteiger partial charge on any atom is -0.403 e. The van der Waals surface area contributed by atoms with E-state index in [1.54, 1.807) is 0 Å². The Labute approximate surface area is 123 Å². The third-order valence-corrected chi connectivity index (χ3v) is 3.99. The Morgan fingerprint density at radius 1 is 1.10 bits per heavy atom. The molecule has 1 rings (SSSR count). The van der Waals surface area contributed by atoms with Gasteiger partial charge in [0.1, 0.15) is 6.29 Å². The fourth-order valence-electron chi connectivity index (χ4n) is 2.05. The van der Waals surface area contributed by atoms with Gasteiger partial charge in [0, 0.05) is 5.82 Å². The van der Waals surface area contributed by atoms with Gasteiger partial charge in [-0.15, -0.1) is 0 Å². The Balaban J connectivity index is 2.69. The molecule has 0 aromatic rings. The highest BCUT2D eigenvalue weighted by Crippen LogP contribution is 2.40. The second-order valence-corrected chi connectivity index (χ2v) is 6.86. The second-order valence-electron chi connectivity index (χ2n) is 6.86. The van der Waals surface area contributed by atoms with E-state index in [2.05, 4.69) is 19.2 Å². The summed E-state index contributed by atoms with van der Waals surface area (Å²) in [6.07, 6.45) is 4.18. The molecule has 0 amide bonds. The lowest BCUT2D eigenvalue weighted by atomic mass is 9.71. The number of hydrogen-bond donors (Lipinski definition) is 1. The molecule has 20 heavy (non-hydrogen) atoms. The number of carbonyl (C=O) groups excluding carboxylic acids is 1. The molecule has 4 nitrogen and oxygen atoms in total. The normalized spacial score (nSPS) is 22.6. The fourth-order valence-corrected chi connectivity index (χ4v) is 2.05. The summed E-state index contributed by atoms with van der Waals surface area (Å²) in [6, 6.07) is 0. The Kier molecular flexibility index (Phi) is 5.98. The quantitative estimate of drug-likeness (QED) is 0.442. The van der Waals surface area contributed by atoms with Crippen molar-refractivity contribution in [3.63, 3.8) is 0 Å². The Morgan fingerprint density at radius 3 is 2.10 bits per heavy atom. The van der Waals surface area contributed by atoms with Crippen molar-refractivity contribution in [3.05, 3.63) is 12.2 Å². The van der Waals surface area contributed by atoms with Crippen LogP contribution in [0.2, 0.25) is 5.82 Å². The van der Waals surface area contributed by atoms with Crippen molar-refractivity contribution in [2.75, 3.05) is 13.1 Å². The first-order chi connectivity index (χ1) is 9.19. The van der Waals surface area contributed by atoms with E-state index in [0.717, 1.165) is 19.4 Å². The van der Waals surface area contributed by atoms with Gasteiger partial charge in [0.05, 0.1) is 11.2 Å². The van der Waals surface area contributed by atoms with E-state index in [1.165, 1.54) is 6.08 Å². The van der Waals surface area contributed by atoms with Gasteiger partial charge in [-0.2, -0.15) is 0 Å². The van der Waals surface area contributed by atoms with E-state index in [-0.39, 0.29) is 24.1 Å². The van der Waals surface area contributed by atoms with Crippen molar-refractivity contribution in [3.8, 4) is 0 Å². The van der Waals surface area contributed by atoms with Crippen molar-refractivity contribution in [1.82, 2.24) is 5.32 Å². The van der Waals surface area contributed by atoms with Crippen LogP contribution in [0.25, 0.3) is 0 Å². The van der Waals surface area contributed by atoms with Crippen molar-refractivity contribution >= 4 is 13.4 Å². The molecular weight excluding hydrogens is 253 g/mol. The predicted molar refractivity (Wildman–Crippen MR) is 82.7 cm³/mol. The molecule has 1 aliphatic rings. The molecule has 1 heterocycles. The first-order valence-electron chi connectivity index (χ1n) is 7.38. The van der Waals surface area contributed by atoms with Crippen LogP contribution in [0.5, 0.6) is 0 Å². The maximum atomic E-state index is 10.6. The largest absolute Gasteiger partial charge is 0.466 e. The van der Waals surface area contributed by atoms with Crippen LogP contribution in [0.3, 0.4) is 0 Å². The standard InChI is InChI=1S/C15H28BNO3/c1-12(2)10-17-11-13(8-7-9-18)16-19-14(3,4)15(5,6)20-16/h7-9,12-13,17H,10-11H2,1-6H3/b8-7-/t13-/m0/s1. The Bertz CT molecular complexity index is 337.